The molecule has 19 heavy (non-hydrogen) atoms. The summed E-state index contributed by atoms with van der Waals surface area (Å²) in [5, 5.41) is 12.4. The highest BCUT2D eigenvalue weighted by Gasteiger charge is 2.18. The van der Waals surface area contributed by atoms with Gasteiger partial charge in [-0.2, -0.15) is 0 Å². The molecule has 1 aliphatic rings. The lowest BCUT2D eigenvalue weighted by atomic mass is 9.97. The Morgan fingerprint density at radius 2 is 2.16 bits per heavy atom. The predicted molar refractivity (Wildman–Crippen MR) is 76.5 cm³/mol. The van der Waals surface area contributed by atoms with Crippen LogP contribution < -0.4 is 11.1 Å². The lowest BCUT2D eigenvalue weighted by Crippen LogP contribution is -2.33. The topological polar surface area (TPSA) is 78.6 Å². The Kier molecular flexibility index (Phi) is 4.27. The molecule has 1 aromatic rings. The summed E-state index contributed by atoms with van der Waals surface area (Å²) < 4.78 is 0. The van der Waals surface area contributed by atoms with Gasteiger partial charge in [0.25, 0.3) is 0 Å². The molecule has 1 heterocycles. The molecular formula is C14H21N3O2. The van der Waals surface area contributed by atoms with Gasteiger partial charge in [0.1, 0.15) is 0 Å². The summed E-state index contributed by atoms with van der Waals surface area (Å²) >= 11 is 0. The van der Waals surface area contributed by atoms with Crippen molar-refractivity contribution in [2.24, 2.45) is 5.92 Å². The lowest BCUT2D eigenvalue weighted by Gasteiger charge is -2.29. The van der Waals surface area contributed by atoms with Crippen molar-refractivity contribution in [2.45, 2.75) is 12.8 Å². The smallest absolute Gasteiger partial charge is 0.337 e. The van der Waals surface area contributed by atoms with Crippen LogP contribution in [0.15, 0.2) is 18.2 Å². The van der Waals surface area contributed by atoms with Gasteiger partial charge >= 0.3 is 5.97 Å². The van der Waals surface area contributed by atoms with E-state index in [0.29, 0.717) is 17.3 Å². The first kappa shape index (κ1) is 13.7. The van der Waals surface area contributed by atoms with E-state index in [9.17, 15) is 4.79 Å². The Morgan fingerprint density at radius 3 is 2.79 bits per heavy atom. The van der Waals surface area contributed by atoms with Crippen LogP contribution in [0.1, 0.15) is 23.2 Å². The van der Waals surface area contributed by atoms with Crippen LogP contribution in [-0.4, -0.2) is 42.7 Å². The third-order valence-electron chi connectivity index (χ3n) is 3.73. The van der Waals surface area contributed by atoms with Crippen LogP contribution in [-0.2, 0) is 0 Å². The third-order valence-corrected chi connectivity index (χ3v) is 3.73. The van der Waals surface area contributed by atoms with E-state index >= 15 is 0 Å². The van der Waals surface area contributed by atoms with Crippen LogP contribution in [0.2, 0.25) is 0 Å². The van der Waals surface area contributed by atoms with Gasteiger partial charge in [-0.1, -0.05) is 6.07 Å². The highest BCUT2D eigenvalue weighted by Crippen LogP contribution is 2.25. The van der Waals surface area contributed by atoms with Crippen molar-refractivity contribution in [3.63, 3.8) is 0 Å². The zero-order valence-electron chi connectivity index (χ0n) is 11.2. The van der Waals surface area contributed by atoms with E-state index in [1.807, 2.05) is 0 Å². The van der Waals surface area contributed by atoms with Crippen LogP contribution in [0, 0.1) is 5.92 Å². The molecule has 104 valence electrons. The number of likely N-dealkylation sites (tertiary alicyclic amines) is 1. The number of rotatable bonds is 4. The van der Waals surface area contributed by atoms with Gasteiger partial charge in [0.05, 0.1) is 16.9 Å². The molecule has 4 N–H and O–H groups in total. The van der Waals surface area contributed by atoms with Crippen LogP contribution in [0.3, 0.4) is 0 Å². The van der Waals surface area contributed by atoms with Crippen molar-refractivity contribution < 1.29 is 9.90 Å². The number of benzene rings is 1. The van der Waals surface area contributed by atoms with Crippen molar-refractivity contribution in [3.05, 3.63) is 23.8 Å². The molecule has 1 saturated heterocycles. The van der Waals surface area contributed by atoms with Gasteiger partial charge in [0.15, 0.2) is 0 Å². The zero-order chi connectivity index (χ0) is 13.8. The summed E-state index contributed by atoms with van der Waals surface area (Å²) in [6.07, 6.45) is 2.28. The van der Waals surface area contributed by atoms with Crippen LogP contribution >= 0.6 is 0 Å². The van der Waals surface area contributed by atoms with E-state index in [4.69, 9.17) is 10.8 Å². The first-order chi connectivity index (χ1) is 9.08. The lowest BCUT2D eigenvalue weighted by molar-refractivity contribution is 0.0698. The molecule has 5 nitrogen and oxygen atoms in total. The predicted octanol–water partition coefficient (Wildman–Crippen LogP) is 1.72. The van der Waals surface area contributed by atoms with Gasteiger partial charge in [-0.05, 0) is 51.0 Å². The molecule has 0 radical (unpaired) electrons. The standard InChI is InChI=1S/C14H21N3O2/c1-17-7-5-10(6-8-17)9-16-13-11(14(18)19)3-2-4-12(13)15/h2-4,10,16H,5-9,15H2,1H3,(H,18,19). The van der Waals surface area contributed by atoms with Crippen molar-refractivity contribution in [1.29, 1.82) is 0 Å². The van der Waals surface area contributed by atoms with Crippen molar-refractivity contribution in [3.8, 4) is 0 Å². The number of carbonyl (C=O) groups is 1. The fourth-order valence-corrected chi connectivity index (χ4v) is 2.46. The van der Waals surface area contributed by atoms with Gasteiger partial charge in [-0.3, -0.25) is 0 Å². The zero-order valence-corrected chi connectivity index (χ0v) is 11.2. The second-order valence-electron chi connectivity index (χ2n) is 5.20. The Morgan fingerprint density at radius 1 is 1.47 bits per heavy atom. The quantitative estimate of drug-likeness (QED) is 0.721. The number of carboxylic acids is 1. The molecule has 5 heteroatoms. The van der Waals surface area contributed by atoms with E-state index in [1.54, 1.807) is 18.2 Å². The summed E-state index contributed by atoms with van der Waals surface area (Å²) in [7, 11) is 2.13. The molecule has 0 aliphatic carbocycles. The average molecular weight is 263 g/mol. The molecule has 1 aromatic carbocycles. The molecule has 0 unspecified atom stereocenters. The Bertz CT molecular complexity index is 454. The second kappa shape index (κ2) is 5.93. The highest BCUT2D eigenvalue weighted by atomic mass is 16.4. The highest BCUT2D eigenvalue weighted by molar-refractivity contribution is 5.97. The van der Waals surface area contributed by atoms with Crippen LogP contribution in [0.25, 0.3) is 0 Å². The number of nitrogens with zero attached hydrogens (tertiary/aromatic N) is 1. The number of anilines is 2. The number of para-hydroxylation sites is 1. The number of piperidine rings is 1. The average Bonchev–Trinajstić information content (AvgIpc) is 2.39. The summed E-state index contributed by atoms with van der Waals surface area (Å²) in [5.74, 6) is -0.365. The van der Waals surface area contributed by atoms with E-state index in [0.717, 1.165) is 32.5 Å². The molecular weight excluding hydrogens is 242 g/mol. The van der Waals surface area contributed by atoms with E-state index in [1.165, 1.54) is 0 Å². The molecule has 0 saturated carbocycles. The van der Waals surface area contributed by atoms with Crippen molar-refractivity contribution >= 4 is 17.3 Å². The Balaban J connectivity index is 2.01. The summed E-state index contributed by atoms with van der Waals surface area (Å²) in [6.45, 7) is 2.98. The number of hydrogen-bond donors (Lipinski definition) is 3. The first-order valence-corrected chi connectivity index (χ1v) is 6.62. The molecule has 1 fully saturated rings. The fraction of sp³-hybridized carbons (Fsp3) is 0.500. The van der Waals surface area contributed by atoms with E-state index < -0.39 is 5.97 Å². The minimum Gasteiger partial charge on any atom is -0.478 e. The summed E-state index contributed by atoms with van der Waals surface area (Å²) in [6, 6.07) is 4.97. The van der Waals surface area contributed by atoms with Gasteiger partial charge in [0, 0.05) is 6.54 Å². The fourth-order valence-electron chi connectivity index (χ4n) is 2.46. The molecule has 0 atom stereocenters. The van der Waals surface area contributed by atoms with E-state index in [-0.39, 0.29) is 5.56 Å². The number of nitrogens with one attached hydrogen (secondary N) is 1. The van der Waals surface area contributed by atoms with Crippen molar-refractivity contribution in [1.82, 2.24) is 4.90 Å². The largest absolute Gasteiger partial charge is 0.478 e. The van der Waals surface area contributed by atoms with Gasteiger partial charge in [-0.15, -0.1) is 0 Å². The molecule has 0 spiro atoms. The minimum atomic E-state index is -0.946. The number of hydrogen-bond acceptors (Lipinski definition) is 4. The number of nitrogens with two attached hydrogens (primary N) is 1. The maximum absolute atomic E-state index is 11.2. The minimum absolute atomic E-state index is 0.243. The van der Waals surface area contributed by atoms with Crippen LogP contribution in [0.5, 0.6) is 0 Å². The maximum Gasteiger partial charge on any atom is 0.337 e. The number of aromatic carboxylic acids is 1. The maximum atomic E-state index is 11.2. The monoisotopic (exact) mass is 263 g/mol. The molecule has 1 aliphatic heterocycles. The third kappa shape index (κ3) is 3.38. The first-order valence-electron chi connectivity index (χ1n) is 6.62. The Hall–Kier alpha value is -1.75. The van der Waals surface area contributed by atoms with Crippen LogP contribution in [0.4, 0.5) is 11.4 Å². The van der Waals surface area contributed by atoms with E-state index in [2.05, 4.69) is 17.3 Å². The normalized spacial score (nSPS) is 17.3. The molecule has 0 amide bonds. The number of carboxylic acid groups (broad SMARTS) is 1. The second-order valence-corrected chi connectivity index (χ2v) is 5.20. The Labute approximate surface area is 113 Å². The molecule has 0 bridgehead atoms. The SMILES string of the molecule is CN1CCC(CNc2c(N)cccc2C(=O)O)CC1. The van der Waals surface area contributed by atoms with Crippen molar-refractivity contribution in [2.75, 3.05) is 37.7 Å². The molecule has 2 rings (SSSR count). The summed E-state index contributed by atoms with van der Waals surface area (Å²) in [5.41, 5.74) is 7.15. The van der Waals surface area contributed by atoms with Gasteiger partial charge in [-0.25, -0.2) is 4.79 Å². The van der Waals surface area contributed by atoms with Gasteiger partial charge < -0.3 is 21.1 Å². The number of nitrogen functional groups attached to an aromatic ring is 1. The molecule has 0 aromatic heterocycles. The van der Waals surface area contributed by atoms with Gasteiger partial charge in [0.2, 0.25) is 0 Å². The summed E-state index contributed by atoms with van der Waals surface area (Å²) in [4.78, 5) is 13.5.